The minimum Gasteiger partial charge on any atom is -0.494 e. The van der Waals surface area contributed by atoms with Gasteiger partial charge in [0, 0.05) is 7.11 Å². The zero-order chi connectivity index (χ0) is 15.7. The Morgan fingerprint density at radius 1 is 1.24 bits per heavy atom. The maximum Gasteiger partial charge on any atom is 0.323 e. The van der Waals surface area contributed by atoms with Crippen molar-refractivity contribution in [3.05, 3.63) is 29.8 Å². The molecule has 1 aromatic carbocycles. The van der Waals surface area contributed by atoms with Crippen LogP contribution in [0.5, 0.6) is 5.75 Å². The van der Waals surface area contributed by atoms with Gasteiger partial charge in [-0.1, -0.05) is 12.1 Å². The zero-order valence-electron chi connectivity index (χ0n) is 12.8. The summed E-state index contributed by atoms with van der Waals surface area (Å²) in [6.45, 7) is 2.81. The third-order valence-electron chi connectivity index (χ3n) is 3.37. The molecule has 0 aliphatic rings. The van der Waals surface area contributed by atoms with E-state index in [0.29, 0.717) is 19.6 Å². The van der Waals surface area contributed by atoms with Gasteiger partial charge in [0.05, 0.1) is 13.2 Å². The second-order valence-electron chi connectivity index (χ2n) is 5.41. The van der Waals surface area contributed by atoms with Crippen molar-refractivity contribution >= 4 is 5.97 Å². The fourth-order valence-corrected chi connectivity index (χ4v) is 1.86. The van der Waals surface area contributed by atoms with Gasteiger partial charge in [0.1, 0.15) is 11.3 Å². The SMILES string of the molecule is COCCc1ccc(OCCCCC(C)(N)C(=O)O)cc1. The highest BCUT2D eigenvalue weighted by atomic mass is 16.5. The van der Waals surface area contributed by atoms with Gasteiger partial charge < -0.3 is 20.3 Å². The van der Waals surface area contributed by atoms with Gasteiger partial charge in [-0.25, -0.2) is 0 Å². The number of aliphatic carboxylic acids is 1. The minimum atomic E-state index is -1.15. The first-order valence-corrected chi connectivity index (χ1v) is 7.18. The number of carbonyl (C=O) groups is 1. The fourth-order valence-electron chi connectivity index (χ4n) is 1.86. The molecular weight excluding hydrogens is 270 g/mol. The van der Waals surface area contributed by atoms with Crippen molar-refractivity contribution in [2.45, 2.75) is 38.1 Å². The van der Waals surface area contributed by atoms with E-state index in [1.165, 1.54) is 12.5 Å². The molecule has 0 spiro atoms. The van der Waals surface area contributed by atoms with Crippen LogP contribution in [0.2, 0.25) is 0 Å². The van der Waals surface area contributed by atoms with Crippen molar-refractivity contribution in [1.29, 1.82) is 0 Å². The van der Waals surface area contributed by atoms with E-state index in [2.05, 4.69) is 0 Å². The van der Waals surface area contributed by atoms with Crippen LogP contribution in [0.15, 0.2) is 24.3 Å². The Bertz CT molecular complexity index is 428. The van der Waals surface area contributed by atoms with Crippen LogP contribution in [-0.2, 0) is 16.0 Å². The van der Waals surface area contributed by atoms with Crippen molar-refractivity contribution in [3.8, 4) is 5.75 Å². The van der Waals surface area contributed by atoms with E-state index in [9.17, 15) is 4.79 Å². The smallest absolute Gasteiger partial charge is 0.323 e. The number of methoxy groups -OCH3 is 1. The van der Waals surface area contributed by atoms with E-state index in [1.54, 1.807) is 7.11 Å². The molecule has 0 saturated heterocycles. The molecule has 118 valence electrons. The number of rotatable bonds is 10. The zero-order valence-corrected chi connectivity index (χ0v) is 12.8. The van der Waals surface area contributed by atoms with E-state index < -0.39 is 11.5 Å². The predicted molar refractivity (Wildman–Crippen MR) is 81.6 cm³/mol. The Hall–Kier alpha value is -1.59. The highest BCUT2D eigenvalue weighted by Gasteiger charge is 2.26. The second-order valence-corrected chi connectivity index (χ2v) is 5.41. The largest absolute Gasteiger partial charge is 0.494 e. The lowest BCUT2D eigenvalue weighted by Crippen LogP contribution is -2.44. The van der Waals surface area contributed by atoms with E-state index in [4.69, 9.17) is 20.3 Å². The van der Waals surface area contributed by atoms with Crippen molar-refractivity contribution in [1.82, 2.24) is 0 Å². The van der Waals surface area contributed by atoms with Crippen LogP contribution >= 0.6 is 0 Å². The first-order valence-electron chi connectivity index (χ1n) is 7.18. The van der Waals surface area contributed by atoms with Crippen LogP contribution in [0, 0.1) is 0 Å². The average Bonchev–Trinajstić information content (AvgIpc) is 2.45. The molecule has 1 aromatic rings. The Morgan fingerprint density at radius 3 is 2.48 bits per heavy atom. The summed E-state index contributed by atoms with van der Waals surface area (Å²) in [5.41, 5.74) is 5.72. The summed E-state index contributed by atoms with van der Waals surface area (Å²) in [4.78, 5) is 10.8. The van der Waals surface area contributed by atoms with Crippen LogP contribution in [0.3, 0.4) is 0 Å². The summed E-state index contributed by atoms with van der Waals surface area (Å²) < 4.78 is 10.6. The molecule has 5 heteroatoms. The van der Waals surface area contributed by atoms with Gasteiger partial charge in [-0.3, -0.25) is 4.79 Å². The van der Waals surface area contributed by atoms with E-state index in [-0.39, 0.29) is 0 Å². The molecule has 3 N–H and O–H groups in total. The topological polar surface area (TPSA) is 81.8 Å². The lowest BCUT2D eigenvalue weighted by molar-refractivity contribution is -0.142. The third-order valence-corrected chi connectivity index (χ3v) is 3.37. The van der Waals surface area contributed by atoms with Crippen molar-refractivity contribution in [2.75, 3.05) is 20.3 Å². The Morgan fingerprint density at radius 2 is 1.90 bits per heavy atom. The Labute approximate surface area is 126 Å². The molecule has 1 rings (SSSR count). The summed E-state index contributed by atoms with van der Waals surface area (Å²) in [6.07, 6.45) is 2.85. The number of nitrogens with two attached hydrogens (primary N) is 1. The van der Waals surface area contributed by atoms with Gasteiger partial charge >= 0.3 is 5.97 Å². The number of hydrogen-bond acceptors (Lipinski definition) is 4. The summed E-state index contributed by atoms with van der Waals surface area (Å²) in [6, 6.07) is 7.93. The number of benzene rings is 1. The van der Waals surface area contributed by atoms with Gasteiger partial charge in [0.2, 0.25) is 0 Å². The summed E-state index contributed by atoms with van der Waals surface area (Å²) in [7, 11) is 1.69. The average molecular weight is 295 g/mol. The Kier molecular flexibility index (Phi) is 7.19. The molecular formula is C16H25NO4. The van der Waals surface area contributed by atoms with Gasteiger partial charge in [0.25, 0.3) is 0 Å². The third kappa shape index (κ3) is 6.60. The first-order chi connectivity index (χ1) is 9.95. The first kappa shape index (κ1) is 17.5. The molecule has 0 aliphatic heterocycles. The van der Waals surface area contributed by atoms with E-state index in [0.717, 1.165) is 25.0 Å². The number of unbranched alkanes of at least 4 members (excludes halogenated alkanes) is 1. The molecule has 21 heavy (non-hydrogen) atoms. The molecule has 1 atom stereocenters. The quantitative estimate of drug-likeness (QED) is 0.647. The van der Waals surface area contributed by atoms with Crippen LogP contribution in [0.1, 0.15) is 31.7 Å². The molecule has 0 saturated carbocycles. The molecule has 0 aliphatic carbocycles. The number of hydrogen-bond donors (Lipinski definition) is 2. The van der Waals surface area contributed by atoms with Gasteiger partial charge in [-0.05, 0) is 50.3 Å². The fraction of sp³-hybridized carbons (Fsp3) is 0.562. The van der Waals surface area contributed by atoms with Crippen molar-refractivity contribution in [3.63, 3.8) is 0 Å². The molecule has 0 fully saturated rings. The lowest BCUT2D eigenvalue weighted by Gasteiger charge is -2.18. The lowest BCUT2D eigenvalue weighted by atomic mass is 9.97. The molecule has 0 radical (unpaired) electrons. The normalized spacial score (nSPS) is 13.7. The highest BCUT2D eigenvalue weighted by molar-refractivity contribution is 5.77. The molecule has 5 nitrogen and oxygen atoms in total. The highest BCUT2D eigenvalue weighted by Crippen LogP contribution is 2.15. The van der Waals surface area contributed by atoms with Gasteiger partial charge in [-0.2, -0.15) is 0 Å². The number of carboxylic acid groups (broad SMARTS) is 1. The molecule has 0 aromatic heterocycles. The summed E-state index contributed by atoms with van der Waals surface area (Å²) in [5.74, 6) is -0.139. The molecule has 1 unspecified atom stereocenters. The maximum absolute atomic E-state index is 10.8. The van der Waals surface area contributed by atoms with Crippen molar-refractivity contribution < 1.29 is 19.4 Å². The number of carboxylic acids is 1. The van der Waals surface area contributed by atoms with Gasteiger partial charge in [-0.15, -0.1) is 0 Å². The molecule has 0 amide bonds. The van der Waals surface area contributed by atoms with E-state index in [1.807, 2.05) is 24.3 Å². The summed E-state index contributed by atoms with van der Waals surface area (Å²) >= 11 is 0. The van der Waals surface area contributed by atoms with Crippen molar-refractivity contribution in [2.24, 2.45) is 5.73 Å². The minimum absolute atomic E-state index is 0.446. The van der Waals surface area contributed by atoms with Crippen LogP contribution in [0.25, 0.3) is 0 Å². The number of ether oxygens (including phenoxy) is 2. The standard InChI is InChI=1S/C16H25NO4/c1-16(17,15(18)19)10-3-4-11-21-14-7-5-13(6-8-14)9-12-20-2/h5-8H,3-4,9-12,17H2,1-2H3,(H,18,19). The maximum atomic E-state index is 10.8. The van der Waals surface area contributed by atoms with Crippen LogP contribution in [0.4, 0.5) is 0 Å². The summed E-state index contributed by atoms with van der Waals surface area (Å²) in [5, 5.41) is 8.90. The van der Waals surface area contributed by atoms with Crippen LogP contribution < -0.4 is 10.5 Å². The van der Waals surface area contributed by atoms with Crippen LogP contribution in [-0.4, -0.2) is 36.9 Å². The molecule has 0 bridgehead atoms. The van der Waals surface area contributed by atoms with E-state index >= 15 is 0 Å². The monoisotopic (exact) mass is 295 g/mol. The Balaban J connectivity index is 2.22. The second kappa shape index (κ2) is 8.64. The molecule has 0 heterocycles. The van der Waals surface area contributed by atoms with Gasteiger partial charge in [0.15, 0.2) is 0 Å². The predicted octanol–water partition coefficient (Wildman–Crippen LogP) is 2.23.